The second-order valence-corrected chi connectivity index (χ2v) is 6.02. The van der Waals surface area contributed by atoms with Crippen LogP contribution in [0.3, 0.4) is 0 Å². The Bertz CT molecular complexity index is 441. The van der Waals surface area contributed by atoms with E-state index in [1.807, 2.05) is 0 Å². The van der Waals surface area contributed by atoms with Gasteiger partial charge in [-0.3, -0.25) is 4.90 Å². The molecule has 6 heteroatoms. The summed E-state index contributed by atoms with van der Waals surface area (Å²) in [5.41, 5.74) is 0. The molecule has 3 heterocycles. The first-order chi connectivity index (χ1) is 9.74. The number of hydrogen-bond acceptors (Lipinski definition) is 5. The highest BCUT2D eigenvalue weighted by atomic mass is 16.5. The van der Waals surface area contributed by atoms with Crippen molar-refractivity contribution in [2.45, 2.75) is 25.3 Å². The van der Waals surface area contributed by atoms with Crippen LogP contribution >= 0.6 is 0 Å². The summed E-state index contributed by atoms with van der Waals surface area (Å²) in [6.07, 6.45) is 2.49. The molecule has 0 radical (unpaired) electrons. The normalized spacial score (nSPS) is 26.0. The highest BCUT2D eigenvalue weighted by Crippen LogP contribution is 2.25. The summed E-state index contributed by atoms with van der Waals surface area (Å²) in [4.78, 5) is 4.79. The molecule has 0 spiro atoms. The van der Waals surface area contributed by atoms with E-state index in [1.54, 1.807) is 0 Å². The van der Waals surface area contributed by atoms with Crippen LogP contribution in [0.1, 0.15) is 30.4 Å². The van der Waals surface area contributed by atoms with Gasteiger partial charge in [-0.1, -0.05) is 0 Å². The Morgan fingerprint density at radius 2 is 1.95 bits per heavy atom. The van der Waals surface area contributed by atoms with Crippen LogP contribution < -0.4 is 0 Å². The highest BCUT2D eigenvalue weighted by molar-refractivity contribution is 5.03. The molecule has 0 amide bonds. The van der Waals surface area contributed by atoms with Crippen molar-refractivity contribution in [3.05, 3.63) is 11.6 Å². The molecule has 1 atom stereocenters. The molecule has 3 rings (SSSR count). The van der Waals surface area contributed by atoms with Crippen molar-refractivity contribution >= 4 is 0 Å². The summed E-state index contributed by atoms with van der Waals surface area (Å²) in [7, 11) is 4.30. The molecule has 0 bridgehead atoms. The van der Waals surface area contributed by atoms with E-state index in [9.17, 15) is 0 Å². The first-order valence-electron chi connectivity index (χ1n) is 7.61. The minimum Gasteiger partial charge on any atom is -0.379 e. The lowest BCUT2D eigenvalue weighted by atomic mass is 9.98. The quantitative estimate of drug-likeness (QED) is 0.804. The Hall–Kier alpha value is -0.980. The lowest BCUT2D eigenvalue weighted by Gasteiger charge is -2.29. The van der Waals surface area contributed by atoms with Gasteiger partial charge in [0.05, 0.1) is 19.8 Å². The third kappa shape index (κ3) is 3.02. The third-order valence-electron chi connectivity index (χ3n) is 4.46. The van der Waals surface area contributed by atoms with Crippen molar-refractivity contribution in [1.82, 2.24) is 24.6 Å². The molecule has 112 valence electrons. The monoisotopic (exact) mass is 279 g/mol. The van der Waals surface area contributed by atoms with E-state index in [-0.39, 0.29) is 0 Å². The highest BCUT2D eigenvalue weighted by Gasteiger charge is 2.24. The van der Waals surface area contributed by atoms with Crippen molar-refractivity contribution in [3.63, 3.8) is 0 Å². The van der Waals surface area contributed by atoms with Crippen molar-refractivity contribution < 1.29 is 4.74 Å². The zero-order chi connectivity index (χ0) is 13.9. The Morgan fingerprint density at radius 1 is 1.15 bits per heavy atom. The molecule has 0 aromatic carbocycles. The van der Waals surface area contributed by atoms with Crippen molar-refractivity contribution in [2.24, 2.45) is 7.05 Å². The van der Waals surface area contributed by atoms with Crippen LogP contribution in [0, 0.1) is 0 Å². The van der Waals surface area contributed by atoms with Gasteiger partial charge in [-0.2, -0.15) is 0 Å². The van der Waals surface area contributed by atoms with E-state index < -0.39 is 0 Å². The number of aromatic nitrogens is 3. The van der Waals surface area contributed by atoms with Gasteiger partial charge < -0.3 is 14.2 Å². The second kappa shape index (κ2) is 6.20. The van der Waals surface area contributed by atoms with Gasteiger partial charge in [-0.15, -0.1) is 10.2 Å². The number of likely N-dealkylation sites (N-methyl/N-ethyl adjacent to an activating group) is 1. The van der Waals surface area contributed by atoms with Gasteiger partial charge in [0, 0.05) is 32.6 Å². The molecule has 1 aromatic rings. The van der Waals surface area contributed by atoms with Crippen molar-refractivity contribution in [3.8, 4) is 0 Å². The van der Waals surface area contributed by atoms with E-state index >= 15 is 0 Å². The summed E-state index contributed by atoms with van der Waals surface area (Å²) in [5, 5.41) is 8.89. The van der Waals surface area contributed by atoms with Gasteiger partial charge in [0.1, 0.15) is 11.6 Å². The molecule has 2 aliphatic heterocycles. The summed E-state index contributed by atoms with van der Waals surface area (Å²) in [5.74, 6) is 2.76. The zero-order valence-corrected chi connectivity index (χ0v) is 12.6. The maximum absolute atomic E-state index is 5.39. The summed E-state index contributed by atoms with van der Waals surface area (Å²) < 4.78 is 7.60. The standard InChI is InChI=1S/C14H25N5O/c1-17-5-3-4-12(10-17)14-16-15-13(18(14)2)11-19-6-8-20-9-7-19/h12H,3-11H2,1-2H3/t12-/m0/s1. The lowest BCUT2D eigenvalue weighted by molar-refractivity contribution is 0.0326. The minimum absolute atomic E-state index is 0.532. The average Bonchev–Trinajstić information content (AvgIpc) is 2.81. The van der Waals surface area contributed by atoms with E-state index in [0.717, 1.165) is 51.0 Å². The average molecular weight is 279 g/mol. The largest absolute Gasteiger partial charge is 0.379 e. The Morgan fingerprint density at radius 3 is 2.70 bits per heavy atom. The van der Waals surface area contributed by atoms with E-state index in [4.69, 9.17) is 4.74 Å². The molecule has 20 heavy (non-hydrogen) atoms. The number of likely N-dealkylation sites (tertiary alicyclic amines) is 1. The van der Waals surface area contributed by atoms with Crippen molar-refractivity contribution in [1.29, 1.82) is 0 Å². The van der Waals surface area contributed by atoms with Gasteiger partial charge in [0.15, 0.2) is 0 Å². The molecule has 2 saturated heterocycles. The van der Waals surface area contributed by atoms with E-state index in [2.05, 4.69) is 38.7 Å². The van der Waals surface area contributed by atoms with Gasteiger partial charge in [0.25, 0.3) is 0 Å². The van der Waals surface area contributed by atoms with Gasteiger partial charge in [0.2, 0.25) is 0 Å². The van der Waals surface area contributed by atoms with Crippen LogP contribution in [0.25, 0.3) is 0 Å². The summed E-state index contributed by atoms with van der Waals surface area (Å²) in [6.45, 7) is 6.84. The molecule has 0 aliphatic carbocycles. The van der Waals surface area contributed by atoms with Gasteiger partial charge in [-0.05, 0) is 26.4 Å². The van der Waals surface area contributed by atoms with Gasteiger partial charge >= 0.3 is 0 Å². The number of nitrogens with zero attached hydrogens (tertiary/aromatic N) is 5. The van der Waals surface area contributed by atoms with Crippen LogP contribution in [0.15, 0.2) is 0 Å². The number of ether oxygens (including phenoxy) is 1. The maximum atomic E-state index is 5.39. The Kier molecular flexibility index (Phi) is 4.33. The predicted molar refractivity (Wildman–Crippen MR) is 76.6 cm³/mol. The molecule has 0 N–H and O–H groups in total. The first-order valence-corrected chi connectivity index (χ1v) is 7.61. The number of rotatable bonds is 3. The molecule has 0 saturated carbocycles. The van der Waals surface area contributed by atoms with E-state index in [1.165, 1.54) is 19.4 Å². The van der Waals surface area contributed by atoms with Gasteiger partial charge in [-0.25, -0.2) is 0 Å². The fraction of sp³-hybridized carbons (Fsp3) is 0.857. The Balaban J connectivity index is 1.67. The predicted octanol–water partition coefficient (Wildman–Crippen LogP) is 0.457. The fourth-order valence-corrected chi connectivity index (χ4v) is 3.20. The molecule has 2 fully saturated rings. The fourth-order valence-electron chi connectivity index (χ4n) is 3.20. The lowest BCUT2D eigenvalue weighted by Crippen LogP contribution is -2.36. The smallest absolute Gasteiger partial charge is 0.146 e. The molecular formula is C14H25N5O. The topological polar surface area (TPSA) is 46.4 Å². The number of piperidine rings is 1. The molecule has 1 aromatic heterocycles. The molecule has 6 nitrogen and oxygen atoms in total. The van der Waals surface area contributed by atoms with Crippen LogP contribution in [-0.4, -0.2) is 71.0 Å². The zero-order valence-electron chi connectivity index (χ0n) is 12.6. The molecule has 0 unspecified atom stereocenters. The SMILES string of the molecule is CN1CCC[C@H](c2nnc(CN3CCOCC3)n2C)C1. The number of morpholine rings is 1. The number of hydrogen-bond donors (Lipinski definition) is 0. The van der Waals surface area contributed by atoms with Crippen LogP contribution in [0.4, 0.5) is 0 Å². The maximum Gasteiger partial charge on any atom is 0.146 e. The molecule has 2 aliphatic rings. The van der Waals surface area contributed by atoms with E-state index in [0.29, 0.717) is 5.92 Å². The second-order valence-electron chi connectivity index (χ2n) is 6.02. The summed E-state index contributed by atoms with van der Waals surface area (Å²) >= 11 is 0. The van der Waals surface area contributed by atoms with Crippen LogP contribution in [0.5, 0.6) is 0 Å². The minimum atomic E-state index is 0.532. The van der Waals surface area contributed by atoms with Crippen LogP contribution in [0.2, 0.25) is 0 Å². The van der Waals surface area contributed by atoms with Crippen molar-refractivity contribution in [2.75, 3.05) is 46.4 Å². The first kappa shape index (κ1) is 14.0. The van der Waals surface area contributed by atoms with Crippen LogP contribution in [-0.2, 0) is 18.3 Å². The third-order valence-corrected chi connectivity index (χ3v) is 4.46. The molecular weight excluding hydrogens is 254 g/mol. The summed E-state index contributed by atoms with van der Waals surface area (Å²) in [6, 6.07) is 0. The Labute approximate surface area is 120 Å².